The number of hydrogen-bond acceptors (Lipinski definition) is 5. The molecule has 2 atom stereocenters. The molecule has 192 valence electrons. The van der Waals surface area contributed by atoms with Gasteiger partial charge >= 0.3 is 12.3 Å². The average molecular weight is 503 g/mol. The summed E-state index contributed by atoms with van der Waals surface area (Å²) in [6.45, 7) is 8.45. The van der Waals surface area contributed by atoms with E-state index in [4.69, 9.17) is 0 Å². The first kappa shape index (κ1) is 25.5. The molecule has 1 fully saturated rings. The Bertz CT molecular complexity index is 1250. The van der Waals surface area contributed by atoms with Crippen LogP contribution in [0.4, 0.5) is 29.6 Å². The highest BCUT2D eigenvalue weighted by Gasteiger charge is 2.39. The van der Waals surface area contributed by atoms with Gasteiger partial charge in [-0.2, -0.15) is 18.3 Å². The maximum Gasteiger partial charge on any atom is 0.433 e. The number of alkyl halides is 3. The molecule has 0 bridgehead atoms. The summed E-state index contributed by atoms with van der Waals surface area (Å²) in [5, 5.41) is 17.1. The van der Waals surface area contributed by atoms with Gasteiger partial charge in [-0.25, -0.2) is 14.8 Å². The molecule has 1 amide bonds. The third kappa shape index (κ3) is 5.60. The van der Waals surface area contributed by atoms with Gasteiger partial charge in [0.05, 0.1) is 12.2 Å². The Morgan fingerprint density at radius 3 is 2.58 bits per heavy atom. The van der Waals surface area contributed by atoms with Crippen molar-refractivity contribution in [1.29, 1.82) is 0 Å². The highest BCUT2D eigenvalue weighted by Crippen LogP contribution is 2.37. The Morgan fingerprint density at radius 1 is 1.17 bits per heavy atom. The first-order chi connectivity index (χ1) is 16.8. The van der Waals surface area contributed by atoms with Crippen LogP contribution in [0.1, 0.15) is 50.9 Å². The van der Waals surface area contributed by atoms with Crippen molar-refractivity contribution in [1.82, 2.24) is 24.6 Å². The fourth-order valence-electron chi connectivity index (χ4n) is 4.65. The Hall–Kier alpha value is -3.63. The number of likely N-dealkylation sites (tertiary alicyclic amines) is 1. The number of nitrogens with zero attached hydrogens (tertiary/aromatic N) is 5. The second-order valence-electron chi connectivity index (χ2n) is 10.2. The minimum Gasteiger partial charge on any atom is -0.465 e. The number of benzene rings is 1. The van der Waals surface area contributed by atoms with Gasteiger partial charge in [0, 0.05) is 36.2 Å². The van der Waals surface area contributed by atoms with Gasteiger partial charge in [0.15, 0.2) is 0 Å². The zero-order chi connectivity index (χ0) is 26.3. The van der Waals surface area contributed by atoms with Gasteiger partial charge in [-0.05, 0) is 54.5 Å². The molecule has 1 aliphatic rings. The smallest absolute Gasteiger partial charge is 0.433 e. The zero-order valence-electron chi connectivity index (χ0n) is 20.5. The van der Waals surface area contributed by atoms with Crippen molar-refractivity contribution in [3.05, 3.63) is 54.1 Å². The minimum atomic E-state index is -4.56. The predicted octanol–water partition coefficient (Wildman–Crippen LogP) is 6.14. The molecule has 0 saturated carbocycles. The normalized spacial score (nSPS) is 18.8. The molecule has 1 aliphatic heterocycles. The van der Waals surface area contributed by atoms with Crippen LogP contribution < -0.4 is 5.32 Å². The lowest BCUT2D eigenvalue weighted by Crippen LogP contribution is -2.51. The Kier molecular flexibility index (Phi) is 6.68. The fraction of sp³-hybridized carbons (Fsp3) is 0.440. The Morgan fingerprint density at radius 2 is 1.92 bits per heavy atom. The maximum atomic E-state index is 13.0. The van der Waals surface area contributed by atoms with Crippen LogP contribution in [0.25, 0.3) is 11.1 Å². The van der Waals surface area contributed by atoms with E-state index in [1.165, 1.54) is 4.90 Å². The molecule has 0 spiro atoms. The summed E-state index contributed by atoms with van der Waals surface area (Å²) in [4.78, 5) is 20.7. The SMILES string of the molecule is Cc1cc(Nc2nccc(C(F)(F)F)n2)cc(-c2cnn(C3CCN(C(=O)O)C(C(C)(C)C)C3)c2)c1. The van der Waals surface area contributed by atoms with Crippen molar-refractivity contribution in [3.63, 3.8) is 0 Å². The molecule has 2 unspecified atom stereocenters. The predicted molar refractivity (Wildman–Crippen MR) is 129 cm³/mol. The molecule has 0 radical (unpaired) electrons. The van der Waals surface area contributed by atoms with E-state index in [9.17, 15) is 23.1 Å². The number of rotatable bonds is 4. The quantitative estimate of drug-likeness (QED) is 0.445. The van der Waals surface area contributed by atoms with Gasteiger partial charge < -0.3 is 15.3 Å². The van der Waals surface area contributed by atoms with Crippen LogP contribution in [-0.2, 0) is 6.18 Å². The summed E-state index contributed by atoms with van der Waals surface area (Å²) >= 11 is 0. The summed E-state index contributed by atoms with van der Waals surface area (Å²) in [5.74, 6) is -0.143. The zero-order valence-corrected chi connectivity index (χ0v) is 20.5. The summed E-state index contributed by atoms with van der Waals surface area (Å²) < 4.78 is 40.9. The molecule has 3 aromatic rings. The monoisotopic (exact) mass is 502 g/mol. The molecule has 4 rings (SSSR count). The van der Waals surface area contributed by atoms with Crippen LogP contribution in [0, 0.1) is 12.3 Å². The topological polar surface area (TPSA) is 96.2 Å². The third-order valence-electron chi connectivity index (χ3n) is 6.41. The van der Waals surface area contributed by atoms with Crippen LogP contribution in [0.2, 0.25) is 0 Å². The van der Waals surface area contributed by atoms with Crippen molar-refractivity contribution in [2.45, 2.75) is 58.8 Å². The average Bonchev–Trinajstić information content (AvgIpc) is 3.28. The maximum absolute atomic E-state index is 13.0. The van der Waals surface area contributed by atoms with E-state index in [0.29, 0.717) is 25.1 Å². The van der Waals surface area contributed by atoms with Crippen LogP contribution in [-0.4, -0.2) is 48.4 Å². The third-order valence-corrected chi connectivity index (χ3v) is 6.41. The number of halogens is 3. The number of nitrogens with one attached hydrogen (secondary N) is 1. The molecule has 1 aromatic carbocycles. The molecule has 36 heavy (non-hydrogen) atoms. The lowest BCUT2D eigenvalue weighted by molar-refractivity contribution is -0.141. The van der Waals surface area contributed by atoms with E-state index in [1.54, 1.807) is 12.3 Å². The molecule has 3 heterocycles. The minimum absolute atomic E-state index is 0.0551. The van der Waals surface area contributed by atoms with Gasteiger partial charge in [0.2, 0.25) is 5.95 Å². The number of carboxylic acid groups (broad SMARTS) is 1. The molecule has 2 aromatic heterocycles. The lowest BCUT2D eigenvalue weighted by Gasteiger charge is -2.44. The van der Waals surface area contributed by atoms with Gasteiger partial charge in [0.25, 0.3) is 0 Å². The summed E-state index contributed by atoms with van der Waals surface area (Å²) in [7, 11) is 0. The number of aromatic nitrogens is 4. The molecule has 11 heteroatoms. The highest BCUT2D eigenvalue weighted by atomic mass is 19.4. The van der Waals surface area contributed by atoms with E-state index < -0.39 is 18.0 Å². The molecule has 1 saturated heterocycles. The molecular formula is C25H29F3N6O2. The van der Waals surface area contributed by atoms with Crippen LogP contribution in [0.5, 0.6) is 0 Å². The van der Waals surface area contributed by atoms with Crippen molar-refractivity contribution in [2.24, 2.45) is 5.41 Å². The van der Waals surface area contributed by atoms with Gasteiger partial charge in [-0.3, -0.25) is 4.68 Å². The summed E-state index contributed by atoms with van der Waals surface area (Å²) in [5.41, 5.74) is 1.91. The number of anilines is 2. The lowest BCUT2D eigenvalue weighted by atomic mass is 9.79. The van der Waals surface area contributed by atoms with Crippen molar-refractivity contribution in [3.8, 4) is 11.1 Å². The summed E-state index contributed by atoms with van der Waals surface area (Å²) in [6, 6.07) is 6.32. The second-order valence-corrected chi connectivity index (χ2v) is 10.2. The van der Waals surface area contributed by atoms with E-state index in [1.807, 2.05) is 50.7 Å². The van der Waals surface area contributed by atoms with Gasteiger partial charge in [0.1, 0.15) is 5.69 Å². The molecule has 8 nitrogen and oxygen atoms in total. The summed E-state index contributed by atoms with van der Waals surface area (Å²) in [6.07, 6.45) is 0.601. The molecular weight excluding hydrogens is 473 g/mol. The van der Waals surface area contributed by atoms with Crippen molar-refractivity contribution in [2.75, 3.05) is 11.9 Å². The number of hydrogen-bond donors (Lipinski definition) is 2. The van der Waals surface area contributed by atoms with Gasteiger partial charge in [-0.15, -0.1) is 0 Å². The standard InChI is InChI=1S/C25H29F3N6O2/c1-15-9-16(11-18(10-15)31-22-29-7-5-20(32-22)25(26,27)28)17-13-30-34(14-17)19-6-8-33(23(35)36)21(12-19)24(2,3)4/h5,7,9-11,13-14,19,21H,6,8,12H2,1-4H3,(H,35,36)(H,29,31,32). The number of aryl methyl sites for hydroxylation is 1. The van der Waals surface area contributed by atoms with Gasteiger partial charge in [-0.1, -0.05) is 26.8 Å². The Balaban J connectivity index is 1.56. The van der Waals surface area contributed by atoms with E-state index in [-0.39, 0.29) is 23.4 Å². The Labute approximate surface area is 207 Å². The highest BCUT2D eigenvalue weighted by molar-refractivity contribution is 5.70. The van der Waals surface area contributed by atoms with Crippen LogP contribution >= 0.6 is 0 Å². The second kappa shape index (κ2) is 9.44. The number of amides is 1. The number of carbonyl (C=O) groups is 1. The van der Waals surface area contributed by atoms with E-state index in [0.717, 1.165) is 29.0 Å². The molecule has 0 aliphatic carbocycles. The van der Waals surface area contributed by atoms with E-state index >= 15 is 0 Å². The van der Waals surface area contributed by atoms with Crippen molar-refractivity contribution >= 4 is 17.7 Å². The fourth-order valence-corrected chi connectivity index (χ4v) is 4.65. The van der Waals surface area contributed by atoms with Crippen LogP contribution in [0.15, 0.2) is 42.9 Å². The molecule has 2 N–H and O–H groups in total. The first-order valence-electron chi connectivity index (χ1n) is 11.6. The van der Waals surface area contributed by atoms with E-state index in [2.05, 4.69) is 20.4 Å². The van der Waals surface area contributed by atoms with Crippen molar-refractivity contribution < 1.29 is 23.1 Å². The largest absolute Gasteiger partial charge is 0.465 e. The van der Waals surface area contributed by atoms with Crippen LogP contribution in [0.3, 0.4) is 0 Å². The first-order valence-corrected chi connectivity index (χ1v) is 11.6. The number of piperidine rings is 1.